The van der Waals surface area contributed by atoms with Gasteiger partial charge in [0, 0.05) is 24.7 Å². The summed E-state index contributed by atoms with van der Waals surface area (Å²) in [7, 11) is 1.40. The van der Waals surface area contributed by atoms with E-state index in [1.54, 1.807) is 0 Å². The van der Waals surface area contributed by atoms with Crippen LogP contribution in [0.5, 0.6) is 0 Å². The van der Waals surface area contributed by atoms with Gasteiger partial charge in [0.1, 0.15) is 11.1 Å². The number of fused-ring (bicyclic) bond motifs is 3. The van der Waals surface area contributed by atoms with Gasteiger partial charge in [-0.25, -0.2) is 0 Å². The van der Waals surface area contributed by atoms with Crippen LogP contribution < -0.4 is 5.32 Å². The zero-order valence-electron chi connectivity index (χ0n) is 15.7. The van der Waals surface area contributed by atoms with Crippen LogP contribution in [0.2, 0.25) is 0 Å². The lowest BCUT2D eigenvalue weighted by atomic mass is 9.45. The fraction of sp³-hybridized carbons (Fsp3) is 0.571. The van der Waals surface area contributed by atoms with E-state index < -0.39 is 22.6 Å². The van der Waals surface area contributed by atoms with Gasteiger partial charge in [-0.1, -0.05) is 29.8 Å². The standard InChI is InChI=1S/C21H26N2O4/c1-3-13-11-23-9-8-20-14-6-4-5-7-16(14)22-21(20,23)17(25)10-15(13)19(20,12-24)18(26)27-2/h3-7,15,17,22,24-25H,8-12H2,1-2H3/b13-3-/t15-,17-,19?,20-,21?/m0/s1. The minimum atomic E-state index is -1.13. The molecule has 6 rings (SSSR count). The molecule has 27 heavy (non-hydrogen) atoms. The Morgan fingerprint density at radius 1 is 1.44 bits per heavy atom. The summed E-state index contributed by atoms with van der Waals surface area (Å²) in [6, 6.07) is 7.97. The molecule has 6 atom stereocenters. The van der Waals surface area contributed by atoms with Gasteiger partial charge in [0.05, 0.1) is 25.2 Å². The number of nitrogens with zero attached hydrogens (tertiary/aromatic N) is 1. The molecule has 1 aliphatic carbocycles. The Balaban J connectivity index is 1.93. The number of benzene rings is 1. The van der Waals surface area contributed by atoms with Gasteiger partial charge in [0.15, 0.2) is 0 Å². The molecule has 4 bridgehead atoms. The van der Waals surface area contributed by atoms with E-state index in [0.29, 0.717) is 19.4 Å². The predicted molar refractivity (Wildman–Crippen MR) is 100 cm³/mol. The van der Waals surface area contributed by atoms with E-state index in [4.69, 9.17) is 4.74 Å². The van der Waals surface area contributed by atoms with Crippen LogP contribution >= 0.6 is 0 Å². The summed E-state index contributed by atoms with van der Waals surface area (Å²) < 4.78 is 5.33. The van der Waals surface area contributed by atoms with Gasteiger partial charge in [-0.3, -0.25) is 9.69 Å². The molecule has 5 aliphatic rings. The van der Waals surface area contributed by atoms with Crippen molar-refractivity contribution in [1.29, 1.82) is 0 Å². The van der Waals surface area contributed by atoms with Gasteiger partial charge < -0.3 is 20.3 Å². The first-order valence-electron chi connectivity index (χ1n) is 9.68. The number of aliphatic hydroxyl groups excluding tert-OH is 2. The first kappa shape index (κ1) is 17.2. The van der Waals surface area contributed by atoms with E-state index in [0.717, 1.165) is 23.4 Å². The van der Waals surface area contributed by atoms with Crippen molar-refractivity contribution in [3.05, 3.63) is 41.5 Å². The molecule has 3 N–H and O–H groups in total. The summed E-state index contributed by atoms with van der Waals surface area (Å²) in [6.45, 7) is 3.10. The van der Waals surface area contributed by atoms with Crippen LogP contribution in [-0.4, -0.2) is 59.7 Å². The number of esters is 1. The Morgan fingerprint density at radius 2 is 2.22 bits per heavy atom. The number of allylic oxidation sites excluding steroid dienone is 1. The molecule has 1 aromatic rings. The molecule has 0 aromatic heterocycles. The highest BCUT2D eigenvalue weighted by Crippen LogP contribution is 2.72. The molecule has 4 fully saturated rings. The second-order valence-corrected chi connectivity index (χ2v) is 8.30. The first-order valence-corrected chi connectivity index (χ1v) is 9.68. The molecule has 3 saturated heterocycles. The highest BCUT2D eigenvalue weighted by molar-refractivity contribution is 5.85. The summed E-state index contributed by atoms with van der Waals surface area (Å²) in [5.41, 5.74) is 0.354. The third-order valence-electron chi connectivity index (χ3n) is 7.91. The van der Waals surface area contributed by atoms with Gasteiger partial charge in [-0.05, 0) is 31.4 Å². The third kappa shape index (κ3) is 1.55. The quantitative estimate of drug-likeness (QED) is 0.537. The molecule has 4 heterocycles. The molecular weight excluding hydrogens is 344 g/mol. The van der Waals surface area contributed by atoms with Crippen LogP contribution in [0.25, 0.3) is 0 Å². The lowest BCUT2D eigenvalue weighted by molar-refractivity contribution is -0.184. The average molecular weight is 370 g/mol. The van der Waals surface area contributed by atoms with E-state index in [2.05, 4.69) is 10.2 Å². The minimum Gasteiger partial charge on any atom is -0.468 e. The van der Waals surface area contributed by atoms with Crippen molar-refractivity contribution in [2.75, 3.05) is 32.1 Å². The maximum atomic E-state index is 13.4. The number of carbonyl (C=O) groups is 1. The smallest absolute Gasteiger partial charge is 0.315 e. The molecule has 4 aliphatic heterocycles. The van der Waals surface area contributed by atoms with E-state index >= 15 is 0 Å². The number of para-hydroxylation sites is 1. The summed E-state index contributed by atoms with van der Waals surface area (Å²) in [6.07, 6.45) is 2.51. The van der Waals surface area contributed by atoms with Crippen molar-refractivity contribution in [2.24, 2.45) is 11.3 Å². The van der Waals surface area contributed by atoms with E-state index in [-0.39, 0.29) is 18.5 Å². The lowest BCUT2D eigenvalue weighted by Gasteiger charge is -2.59. The van der Waals surface area contributed by atoms with Crippen LogP contribution in [-0.2, 0) is 14.9 Å². The van der Waals surface area contributed by atoms with Crippen LogP contribution in [0.1, 0.15) is 25.3 Å². The number of rotatable bonds is 2. The van der Waals surface area contributed by atoms with Crippen molar-refractivity contribution in [3.8, 4) is 0 Å². The zero-order chi connectivity index (χ0) is 19.0. The van der Waals surface area contributed by atoms with E-state index in [9.17, 15) is 15.0 Å². The second-order valence-electron chi connectivity index (χ2n) is 8.30. The highest BCUT2D eigenvalue weighted by Gasteiger charge is 2.82. The molecule has 0 radical (unpaired) electrons. The molecular formula is C21H26N2O4. The monoisotopic (exact) mass is 370 g/mol. The molecule has 144 valence electrons. The topological polar surface area (TPSA) is 82.0 Å². The number of hydrogen-bond donors (Lipinski definition) is 3. The number of ether oxygens (including phenoxy) is 1. The molecule has 1 saturated carbocycles. The Hall–Kier alpha value is -1.89. The SMILES string of the molecule is C/C=C1/CN2CC[C@@]34c5ccccc5NC23[C@@H](O)C[C@@H]1C4(CO)C(=O)OC. The summed E-state index contributed by atoms with van der Waals surface area (Å²) in [5, 5.41) is 25.9. The zero-order valence-corrected chi connectivity index (χ0v) is 15.7. The Bertz CT molecular complexity index is 854. The van der Waals surface area contributed by atoms with E-state index in [1.165, 1.54) is 7.11 Å². The Labute approximate surface area is 158 Å². The summed E-state index contributed by atoms with van der Waals surface area (Å²) in [5.74, 6) is -0.644. The third-order valence-corrected chi connectivity index (χ3v) is 7.91. The van der Waals surface area contributed by atoms with Gasteiger partial charge in [0.25, 0.3) is 0 Å². The van der Waals surface area contributed by atoms with Crippen LogP contribution in [0, 0.1) is 11.3 Å². The molecule has 6 heteroatoms. The van der Waals surface area contributed by atoms with Gasteiger partial charge in [-0.15, -0.1) is 0 Å². The molecule has 3 unspecified atom stereocenters. The largest absolute Gasteiger partial charge is 0.468 e. The number of anilines is 1. The van der Waals surface area contributed by atoms with Crippen molar-refractivity contribution >= 4 is 11.7 Å². The minimum absolute atomic E-state index is 0.263. The summed E-state index contributed by atoms with van der Waals surface area (Å²) in [4.78, 5) is 15.7. The first-order chi connectivity index (χ1) is 13.0. The van der Waals surface area contributed by atoms with Gasteiger partial charge in [-0.2, -0.15) is 0 Å². The van der Waals surface area contributed by atoms with Gasteiger partial charge >= 0.3 is 5.97 Å². The number of nitrogens with one attached hydrogen (secondary N) is 1. The van der Waals surface area contributed by atoms with Crippen LogP contribution in [0.15, 0.2) is 35.9 Å². The highest BCUT2D eigenvalue weighted by atomic mass is 16.5. The normalized spacial score (nSPS) is 45.2. The lowest BCUT2D eigenvalue weighted by Crippen LogP contribution is -2.75. The van der Waals surface area contributed by atoms with Crippen molar-refractivity contribution in [3.63, 3.8) is 0 Å². The fourth-order valence-electron chi connectivity index (χ4n) is 7.01. The fourth-order valence-corrected chi connectivity index (χ4v) is 7.01. The molecule has 1 spiro atoms. The van der Waals surface area contributed by atoms with Gasteiger partial charge in [0.2, 0.25) is 0 Å². The number of methoxy groups -OCH3 is 1. The number of hydrogen-bond acceptors (Lipinski definition) is 6. The van der Waals surface area contributed by atoms with Crippen molar-refractivity contribution in [2.45, 2.75) is 36.9 Å². The number of carbonyl (C=O) groups excluding carboxylic acids is 1. The van der Waals surface area contributed by atoms with Crippen LogP contribution in [0.3, 0.4) is 0 Å². The van der Waals surface area contributed by atoms with E-state index in [1.807, 2.05) is 37.3 Å². The maximum Gasteiger partial charge on any atom is 0.315 e. The average Bonchev–Trinajstić information content (AvgIpc) is 3.11. The van der Waals surface area contributed by atoms with Crippen molar-refractivity contribution < 1.29 is 19.7 Å². The Kier molecular flexibility index (Phi) is 3.41. The second kappa shape index (κ2) is 5.34. The Morgan fingerprint density at radius 3 is 2.93 bits per heavy atom. The molecule has 1 aromatic carbocycles. The predicted octanol–water partition coefficient (Wildman–Crippen LogP) is 1.24. The number of aliphatic hydroxyl groups is 2. The molecule has 0 amide bonds. The summed E-state index contributed by atoms with van der Waals surface area (Å²) >= 11 is 0. The molecule has 6 nitrogen and oxygen atoms in total. The van der Waals surface area contributed by atoms with Crippen molar-refractivity contribution in [1.82, 2.24) is 4.90 Å². The maximum absolute atomic E-state index is 13.4. The van der Waals surface area contributed by atoms with Crippen LogP contribution in [0.4, 0.5) is 5.69 Å².